The fourth-order valence-electron chi connectivity index (χ4n) is 2.27. The predicted molar refractivity (Wildman–Crippen MR) is 55.9 cm³/mol. The lowest BCUT2D eigenvalue weighted by atomic mass is 10.1. The number of hydrazine groups is 1. The smallest absolute Gasteiger partial charge is 0.252 e. The van der Waals surface area contributed by atoms with Crippen molar-refractivity contribution in [3.8, 4) is 0 Å². The molecular weight excluding hydrogens is 194 g/mol. The molecule has 0 bridgehead atoms. The van der Waals surface area contributed by atoms with Gasteiger partial charge in [0, 0.05) is 32.3 Å². The Hall–Kier alpha value is -0.650. The van der Waals surface area contributed by atoms with Gasteiger partial charge in [0.25, 0.3) is 5.91 Å². The summed E-state index contributed by atoms with van der Waals surface area (Å²) in [5.74, 6) is 5.85. The maximum absolute atomic E-state index is 12.1. The number of rotatable bonds is 1. The Morgan fingerprint density at radius 3 is 2.87 bits per heavy atom. The van der Waals surface area contributed by atoms with Gasteiger partial charge in [-0.1, -0.05) is 0 Å². The molecule has 0 aliphatic carbocycles. The van der Waals surface area contributed by atoms with Crippen molar-refractivity contribution >= 4 is 5.91 Å². The third-order valence-electron chi connectivity index (χ3n) is 3.15. The fourth-order valence-corrected chi connectivity index (χ4v) is 2.27. The molecule has 5 nitrogen and oxygen atoms in total. The molecule has 0 saturated carbocycles. The van der Waals surface area contributed by atoms with Crippen molar-refractivity contribution in [1.82, 2.24) is 9.91 Å². The van der Waals surface area contributed by atoms with E-state index in [4.69, 9.17) is 10.6 Å². The SMILES string of the molecule is C[C@@H]1CN(N)CCN1C(=O)[C@@H]1CCCO1. The largest absolute Gasteiger partial charge is 0.368 e. The zero-order valence-corrected chi connectivity index (χ0v) is 9.19. The number of carbonyl (C=O) groups is 1. The van der Waals surface area contributed by atoms with Crippen LogP contribution in [0.4, 0.5) is 0 Å². The van der Waals surface area contributed by atoms with Crippen LogP contribution in [0.15, 0.2) is 0 Å². The lowest BCUT2D eigenvalue weighted by Gasteiger charge is -2.38. The van der Waals surface area contributed by atoms with Crippen LogP contribution in [0.5, 0.6) is 0 Å². The van der Waals surface area contributed by atoms with Gasteiger partial charge in [-0.15, -0.1) is 0 Å². The normalized spacial score (nSPS) is 33.3. The summed E-state index contributed by atoms with van der Waals surface area (Å²) in [6.45, 7) is 4.98. The van der Waals surface area contributed by atoms with Gasteiger partial charge < -0.3 is 9.64 Å². The molecule has 2 aliphatic rings. The molecule has 15 heavy (non-hydrogen) atoms. The van der Waals surface area contributed by atoms with Crippen molar-refractivity contribution in [3.63, 3.8) is 0 Å². The summed E-state index contributed by atoms with van der Waals surface area (Å²) in [4.78, 5) is 14.0. The van der Waals surface area contributed by atoms with Gasteiger partial charge in [0.1, 0.15) is 6.10 Å². The maximum atomic E-state index is 12.1. The summed E-state index contributed by atoms with van der Waals surface area (Å²) < 4.78 is 5.41. The average Bonchev–Trinajstić information content (AvgIpc) is 2.69. The summed E-state index contributed by atoms with van der Waals surface area (Å²) in [7, 11) is 0. The van der Waals surface area contributed by atoms with Gasteiger partial charge >= 0.3 is 0 Å². The molecule has 2 heterocycles. The quantitative estimate of drug-likeness (QED) is 0.601. The number of ether oxygens (including phenoxy) is 1. The van der Waals surface area contributed by atoms with Crippen LogP contribution in [0.3, 0.4) is 0 Å². The number of piperazine rings is 1. The van der Waals surface area contributed by atoms with E-state index in [1.165, 1.54) is 0 Å². The topological polar surface area (TPSA) is 58.8 Å². The van der Waals surface area contributed by atoms with Crippen molar-refractivity contribution in [2.24, 2.45) is 5.84 Å². The molecule has 2 atom stereocenters. The van der Waals surface area contributed by atoms with Gasteiger partial charge in [-0.25, -0.2) is 5.01 Å². The monoisotopic (exact) mass is 213 g/mol. The van der Waals surface area contributed by atoms with E-state index in [1.54, 1.807) is 5.01 Å². The van der Waals surface area contributed by atoms with E-state index in [0.29, 0.717) is 0 Å². The third-order valence-corrected chi connectivity index (χ3v) is 3.15. The van der Waals surface area contributed by atoms with E-state index in [0.717, 1.165) is 39.1 Å². The summed E-state index contributed by atoms with van der Waals surface area (Å²) in [6, 6.07) is 0.195. The first-order valence-corrected chi connectivity index (χ1v) is 5.60. The minimum atomic E-state index is -0.197. The van der Waals surface area contributed by atoms with E-state index in [-0.39, 0.29) is 18.1 Å². The van der Waals surface area contributed by atoms with Gasteiger partial charge in [0.05, 0.1) is 0 Å². The predicted octanol–water partition coefficient (Wildman–Crippen LogP) is -0.428. The van der Waals surface area contributed by atoms with Gasteiger partial charge in [-0.2, -0.15) is 0 Å². The Labute approximate surface area is 90.1 Å². The molecule has 2 fully saturated rings. The molecule has 0 aromatic heterocycles. The van der Waals surface area contributed by atoms with E-state index in [2.05, 4.69) is 0 Å². The van der Waals surface area contributed by atoms with Crippen molar-refractivity contribution in [1.29, 1.82) is 0 Å². The highest BCUT2D eigenvalue weighted by Crippen LogP contribution is 2.17. The lowest BCUT2D eigenvalue weighted by molar-refractivity contribution is -0.145. The van der Waals surface area contributed by atoms with Crippen LogP contribution >= 0.6 is 0 Å². The number of hydrogen-bond acceptors (Lipinski definition) is 4. The first kappa shape index (κ1) is 10.9. The number of hydrogen-bond donors (Lipinski definition) is 1. The second kappa shape index (κ2) is 4.47. The molecule has 86 valence electrons. The molecule has 5 heteroatoms. The number of nitrogens with two attached hydrogens (primary N) is 1. The summed E-state index contributed by atoms with van der Waals surface area (Å²) in [6.07, 6.45) is 1.67. The first-order chi connectivity index (χ1) is 7.18. The molecule has 1 amide bonds. The molecular formula is C10H19N3O2. The Morgan fingerprint density at radius 1 is 1.47 bits per heavy atom. The maximum Gasteiger partial charge on any atom is 0.252 e. The minimum Gasteiger partial charge on any atom is -0.368 e. The molecule has 2 rings (SSSR count). The van der Waals surface area contributed by atoms with E-state index < -0.39 is 0 Å². The van der Waals surface area contributed by atoms with Gasteiger partial charge in [-0.3, -0.25) is 10.6 Å². The van der Waals surface area contributed by atoms with Crippen LogP contribution in [0, 0.1) is 0 Å². The summed E-state index contributed by atoms with van der Waals surface area (Å²) >= 11 is 0. The Balaban J connectivity index is 1.94. The zero-order valence-electron chi connectivity index (χ0n) is 9.19. The molecule has 0 aromatic carbocycles. The Bertz CT molecular complexity index is 241. The van der Waals surface area contributed by atoms with E-state index in [9.17, 15) is 4.79 Å². The van der Waals surface area contributed by atoms with Crippen LogP contribution < -0.4 is 5.84 Å². The van der Waals surface area contributed by atoms with Crippen LogP contribution in [0.1, 0.15) is 19.8 Å². The molecule has 0 radical (unpaired) electrons. The number of nitrogens with zero attached hydrogens (tertiary/aromatic N) is 2. The highest BCUT2D eigenvalue weighted by molar-refractivity contribution is 5.81. The highest BCUT2D eigenvalue weighted by Gasteiger charge is 2.33. The van der Waals surface area contributed by atoms with Crippen molar-refractivity contribution in [2.45, 2.75) is 31.9 Å². The third kappa shape index (κ3) is 2.30. The molecule has 0 unspecified atom stereocenters. The standard InChI is InChI=1S/C10H19N3O2/c1-8-7-12(11)4-5-13(8)10(14)9-3-2-6-15-9/h8-9H,2-7,11H2,1H3/t8-,9+/m1/s1. The molecule has 2 aliphatic heterocycles. The van der Waals surface area contributed by atoms with E-state index >= 15 is 0 Å². The number of carbonyl (C=O) groups excluding carboxylic acids is 1. The second-order valence-electron chi connectivity index (χ2n) is 4.38. The average molecular weight is 213 g/mol. The van der Waals surface area contributed by atoms with Gasteiger partial charge in [0.15, 0.2) is 0 Å². The second-order valence-corrected chi connectivity index (χ2v) is 4.38. The first-order valence-electron chi connectivity index (χ1n) is 5.60. The highest BCUT2D eigenvalue weighted by atomic mass is 16.5. The van der Waals surface area contributed by atoms with Gasteiger partial charge in [-0.05, 0) is 19.8 Å². The van der Waals surface area contributed by atoms with Crippen molar-refractivity contribution in [2.75, 3.05) is 26.2 Å². The van der Waals surface area contributed by atoms with Gasteiger partial charge in [0.2, 0.25) is 0 Å². The van der Waals surface area contributed by atoms with Crippen LogP contribution in [0.25, 0.3) is 0 Å². The summed E-state index contributed by atoms with van der Waals surface area (Å²) in [5.41, 5.74) is 0. The van der Waals surface area contributed by atoms with Crippen LogP contribution in [0.2, 0.25) is 0 Å². The zero-order chi connectivity index (χ0) is 10.8. The minimum absolute atomic E-state index is 0.146. The summed E-state index contributed by atoms with van der Waals surface area (Å²) in [5, 5.41) is 1.77. The molecule has 0 spiro atoms. The molecule has 0 aromatic rings. The Kier molecular flexibility index (Phi) is 3.23. The van der Waals surface area contributed by atoms with Crippen molar-refractivity contribution in [3.05, 3.63) is 0 Å². The molecule has 2 saturated heterocycles. The van der Waals surface area contributed by atoms with E-state index in [1.807, 2.05) is 11.8 Å². The number of amides is 1. The fraction of sp³-hybridized carbons (Fsp3) is 0.900. The molecule has 2 N–H and O–H groups in total. The Morgan fingerprint density at radius 2 is 2.27 bits per heavy atom. The van der Waals surface area contributed by atoms with Crippen LogP contribution in [-0.2, 0) is 9.53 Å². The van der Waals surface area contributed by atoms with Crippen molar-refractivity contribution < 1.29 is 9.53 Å². The lowest BCUT2D eigenvalue weighted by Crippen LogP contribution is -2.57. The van der Waals surface area contributed by atoms with Crippen LogP contribution in [-0.4, -0.2) is 54.2 Å².